The Morgan fingerprint density at radius 2 is 2.10 bits per heavy atom. The first-order valence-electron chi connectivity index (χ1n) is 7.38. The Labute approximate surface area is 120 Å². The Hall–Kier alpha value is -1.26. The van der Waals surface area contributed by atoms with Crippen molar-refractivity contribution in [2.45, 2.75) is 31.4 Å². The van der Waals surface area contributed by atoms with E-state index in [4.69, 9.17) is 14.2 Å². The van der Waals surface area contributed by atoms with Crippen molar-refractivity contribution in [3.05, 3.63) is 23.8 Å². The lowest BCUT2D eigenvalue weighted by atomic mass is 10.1. The van der Waals surface area contributed by atoms with E-state index in [-0.39, 0.29) is 6.10 Å². The van der Waals surface area contributed by atoms with Crippen molar-refractivity contribution in [3.63, 3.8) is 0 Å². The Bertz CT molecular complexity index is 449. The fourth-order valence-corrected chi connectivity index (χ4v) is 3.35. The fraction of sp³-hybridized carbons (Fsp3) is 0.625. The second-order valence-electron chi connectivity index (χ2n) is 5.64. The molecule has 0 bridgehead atoms. The van der Waals surface area contributed by atoms with E-state index in [1.165, 1.54) is 19.3 Å². The lowest BCUT2D eigenvalue weighted by Gasteiger charge is -2.19. The topological polar surface area (TPSA) is 39.7 Å². The highest BCUT2D eigenvalue weighted by Gasteiger charge is 2.32. The molecule has 1 aromatic carbocycles. The number of methoxy groups -OCH3 is 2. The minimum absolute atomic E-state index is 0.0330. The molecule has 0 amide bonds. The van der Waals surface area contributed by atoms with Crippen molar-refractivity contribution in [3.8, 4) is 11.5 Å². The number of fused-ring (bicyclic) bond motifs is 1. The van der Waals surface area contributed by atoms with Gasteiger partial charge in [-0.2, -0.15) is 0 Å². The van der Waals surface area contributed by atoms with Gasteiger partial charge in [-0.15, -0.1) is 0 Å². The number of hydrogen-bond donors (Lipinski definition) is 1. The lowest BCUT2D eigenvalue weighted by molar-refractivity contribution is 0.0458. The molecule has 4 heteroatoms. The quantitative estimate of drug-likeness (QED) is 0.921. The summed E-state index contributed by atoms with van der Waals surface area (Å²) in [6.07, 6.45) is 3.90. The predicted octanol–water partition coefficient (Wildman–Crippen LogP) is 2.53. The van der Waals surface area contributed by atoms with Crippen LogP contribution in [0.4, 0.5) is 0 Å². The number of rotatable bonds is 3. The van der Waals surface area contributed by atoms with Gasteiger partial charge in [0.25, 0.3) is 0 Å². The maximum absolute atomic E-state index is 6.15. The minimum atomic E-state index is 0.0330. The SMILES string of the molecule is COc1ccc(OC)c(C2CNC3CCCC3CO2)c1. The molecular weight excluding hydrogens is 254 g/mol. The van der Waals surface area contributed by atoms with Crippen molar-refractivity contribution < 1.29 is 14.2 Å². The van der Waals surface area contributed by atoms with Crippen LogP contribution in [0.5, 0.6) is 11.5 Å². The zero-order valence-corrected chi connectivity index (χ0v) is 12.2. The summed E-state index contributed by atoms with van der Waals surface area (Å²) in [4.78, 5) is 0. The molecule has 1 N–H and O–H groups in total. The largest absolute Gasteiger partial charge is 0.497 e. The Morgan fingerprint density at radius 3 is 2.90 bits per heavy atom. The Balaban J connectivity index is 1.81. The molecule has 0 spiro atoms. The van der Waals surface area contributed by atoms with Crippen LogP contribution in [0.1, 0.15) is 30.9 Å². The standard InChI is InChI=1S/C16H23NO3/c1-18-12-6-7-15(19-2)13(8-12)16-9-17-14-5-3-4-11(14)10-20-16/h6-8,11,14,16-17H,3-5,9-10H2,1-2H3. The summed E-state index contributed by atoms with van der Waals surface area (Å²) in [5.74, 6) is 2.37. The molecule has 1 aromatic rings. The summed E-state index contributed by atoms with van der Waals surface area (Å²) in [5, 5.41) is 3.66. The molecule has 1 aliphatic carbocycles. The van der Waals surface area contributed by atoms with Crippen LogP contribution in [0.25, 0.3) is 0 Å². The van der Waals surface area contributed by atoms with Crippen LogP contribution in [0, 0.1) is 5.92 Å². The van der Waals surface area contributed by atoms with Gasteiger partial charge < -0.3 is 19.5 Å². The summed E-state index contributed by atoms with van der Waals surface area (Å²) in [6.45, 7) is 1.67. The van der Waals surface area contributed by atoms with Crippen LogP contribution < -0.4 is 14.8 Å². The van der Waals surface area contributed by atoms with Gasteiger partial charge in [0.2, 0.25) is 0 Å². The van der Waals surface area contributed by atoms with E-state index in [0.717, 1.165) is 30.2 Å². The molecule has 0 radical (unpaired) electrons. The first-order chi connectivity index (χ1) is 9.81. The minimum Gasteiger partial charge on any atom is -0.497 e. The van der Waals surface area contributed by atoms with E-state index in [1.54, 1.807) is 14.2 Å². The molecular formula is C16H23NO3. The lowest BCUT2D eigenvalue weighted by Crippen LogP contribution is -2.32. The second kappa shape index (κ2) is 6.02. The van der Waals surface area contributed by atoms with Gasteiger partial charge in [0.1, 0.15) is 11.5 Å². The Morgan fingerprint density at radius 1 is 1.20 bits per heavy atom. The van der Waals surface area contributed by atoms with E-state index in [2.05, 4.69) is 5.32 Å². The van der Waals surface area contributed by atoms with Gasteiger partial charge in [-0.25, -0.2) is 0 Å². The maximum atomic E-state index is 6.15. The smallest absolute Gasteiger partial charge is 0.124 e. The molecule has 20 heavy (non-hydrogen) atoms. The van der Waals surface area contributed by atoms with E-state index >= 15 is 0 Å². The highest BCUT2D eigenvalue weighted by Crippen LogP contribution is 2.35. The third-order valence-corrected chi connectivity index (χ3v) is 4.52. The van der Waals surface area contributed by atoms with Gasteiger partial charge in [0, 0.05) is 18.2 Å². The van der Waals surface area contributed by atoms with Crippen LogP contribution >= 0.6 is 0 Å². The van der Waals surface area contributed by atoms with Crippen molar-refractivity contribution in [1.29, 1.82) is 0 Å². The fourth-order valence-electron chi connectivity index (χ4n) is 3.35. The average Bonchev–Trinajstić information content (AvgIpc) is 2.85. The average molecular weight is 277 g/mol. The van der Waals surface area contributed by atoms with Gasteiger partial charge in [-0.05, 0) is 37.0 Å². The van der Waals surface area contributed by atoms with Gasteiger partial charge in [-0.3, -0.25) is 0 Å². The molecule has 1 saturated carbocycles. The third kappa shape index (κ3) is 2.63. The molecule has 2 aliphatic rings. The Kier molecular flexibility index (Phi) is 4.13. The number of nitrogens with one attached hydrogen (secondary N) is 1. The summed E-state index contributed by atoms with van der Waals surface area (Å²) < 4.78 is 16.9. The zero-order chi connectivity index (χ0) is 13.9. The van der Waals surface area contributed by atoms with Gasteiger partial charge in [-0.1, -0.05) is 6.42 Å². The van der Waals surface area contributed by atoms with Gasteiger partial charge in [0.05, 0.1) is 26.9 Å². The number of ether oxygens (including phenoxy) is 3. The van der Waals surface area contributed by atoms with Crippen LogP contribution in [0.15, 0.2) is 18.2 Å². The molecule has 4 nitrogen and oxygen atoms in total. The maximum Gasteiger partial charge on any atom is 0.124 e. The van der Waals surface area contributed by atoms with Gasteiger partial charge >= 0.3 is 0 Å². The van der Waals surface area contributed by atoms with Gasteiger partial charge in [0.15, 0.2) is 0 Å². The predicted molar refractivity (Wildman–Crippen MR) is 77.4 cm³/mol. The molecule has 1 heterocycles. The first-order valence-corrected chi connectivity index (χ1v) is 7.38. The molecule has 1 aliphatic heterocycles. The highest BCUT2D eigenvalue weighted by molar-refractivity contribution is 5.42. The molecule has 3 rings (SSSR count). The number of hydrogen-bond acceptors (Lipinski definition) is 4. The zero-order valence-electron chi connectivity index (χ0n) is 12.2. The van der Waals surface area contributed by atoms with Crippen LogP contribution in [-0.4, -0.2) is 33.4 Å². The summed E-state index contributed by atoms with van der Waals surface area (Å²) in [5.41, 5.74) is 1.07. The molecule has 3 atom stereocenters. The molecule has 110 valence electrons. The highest BCUT2D eigenvalue weighted by atomic mass is 16.5. The third-order valence-electron chi connectivity index (χ3n) is 4.52. The molecule has 0 aromatic heterocycles. The summed E-state index contributed by atoms with van der Waals surface area (Å²) in [7, 11) is 3.38. The molecule has 3 unspecified atom stereocenters. The van der Waals surface area contributed by atoms with E-state index in [0.29, 0.717) is 12.0 Å². The monoisotopic (exact) mass is 277 g/mol. The van der Waals surface area contributed by atoms with E-state index in [9.17, 15) is 0 Å². The second-order valence-corrected chi connectivity index (χ2v) is 5.64. The molecule has 2 fully saturated rings. The van der Waals surface area contributed by atoms with Crippen LogP contribution in [0.3, 0.4) is 0 Å². The van der Waals surface area contributed by atoms with Crippen molar-refractivity contribution in [2.75, 3.05) is 27.4 Å². The van der Waals surface area contributed by atoms with Crippen LogP contribution in [-0.2, 0) is 4.74 Å². The molecule has 1 saturated heterocycles. The van der Waals surface area contributed by atoms with Crippen molar-refractivity contribution in [1.82, 2.24) is 5.32 Å². The first kappa shape index (κ1) is 13.7. The normalized spacial score (nSPS) is 29.6. The van der Waals surface area contributed by atoms with Crippen LogP contribution in [0.2, 0.25) is 0 Å². The van der Waals surface area contributed by atoms with E-state index in [1.807, 2.05) is 18.2 Å². The summed E-state index contributed by atoms with van der Waals surface area (Å²) >= 11 is 0. The van der Waals surface area contributed by atoms with Crippen molar-refractivity contribution >= 4 is 0 Å². The van der Waals surface area contributed by atoms with Crippen molar-refractivity contribution in [2.24, 2.45) is 5.92 Å². The van der Waals surface area contributed by atoms with E-state index < -0.39 is 0 Å². The number of benzene rings is 1. The summed E-state index contributed by atoms with van der Waals surface area (Å²) in [6, 6.07) is 6.51.